The average Bonchev–Trinajstić information content (AvgIpc) is 3.33. The summed E-state index contributed by atoms with van der Waals surface area (Å²) in [5.74, 6) is -2.31. The number of nitrogens with zero attached hydrogens (tertiary/aromatic N) is 4. The van der Waals surface area contributed by atoms with E-state index >= 15 is 0 Å². The van der Waals surface area contributed by atoms with E-state index < -0.39 is 29.4 Å². The van der Waals surface area contributed by atoms with Crippen LogP contribution in [0, 0.1) is 0 Å². The molecule has 38 heavy (non-hydrogen) atoms. The molecular weight excluding hydrogens is 484 g/mol. The molecule has 0 N–H and O–H groups in total. The van der Waals surface area contributed by atoms with Crippen LogP contribution in [-0.2, 0) is 13.1 Å². The van der Waals surface area contributed by atoms with Crippen LogP contribution < -0.4 is 0 Å². The molecule has 4 amide bonds. The van der Waals surface area contributed by atoms with Crippen molar-refractivity contribution < 1.29 is 24.0 Å². The number of hydrogen-bond acceptors (Lipinski definition) is 7. The van der Waals surface area contributed by atoms with Gasteiger partial charge < -0.3 is 0 Å². The highest BCUT2D eigenvalue weighted by Gasteiger charge is 2.38. The predicted octanol–water partition coefficient (Wildman–Crippen LogP) is 3.30. The number of aromatic nitrogens is 2. The zero-order valence-electron chi connectivity index (χ0n) is 19.8. The molecule has 0 spiro atoms. The molecule has 9 heteroatoms. The summed E-state index contributed by atoms with van der Waals surface area (Å²) >= 11 is 0. The van der Waals surface area contributed by atoms with Crippen LogP contribution in [-0.4, -0.2) is 49.2 Å². The molecule has 0 fully saturated rings. The van der Waals surface area contributed by atoms with Crippen LogP contribution in [0.1, 0.15) is 68.5 Å². The molecule has 0 saturated carbocycles. The molecule has 2 aliphatic heterocycles. The number of carbonyl (C=O) groups excluding carboxylic acids is 5. The van der Waals surface area contributed by atoms with Crippen LogP contribution in [0.5, 0.6) is 0 Å². The second kappa shape index (κ2) is 8.97. The lowest BCUT2D eigenvalue weighted by molar-refractivity contribution is 0.0627. The van der Waals surface area contributed by atoms with Gasteiger partial charge in [0.15, 0.2) is 5.78 Å². The van der Waals surface area contributed by atoms with E-state index in [1.807, 2.05) is 0 Å². The summed E-state index contributed by atoms with van der Waals surface area (Å²) in [5.41, 5.74) is 2.50. The minimum atomic E-state index is -0.496. The topological polar surface area (TPSA) is 118 Å². The Morgan fingerprint density at radius 3 is 1.39 bits per heavy atom. The highest BCUT2D eigenvalue weighted by atomic mass is 16.2. The third kappa shape index (κ3) is 3.77. The quantitative estimate of drug-likeness (QED) is 0.293. The van der Waals surface area contributed by atoms with Gasteiger partial charge in [-0.15, -0.1) is 0 Å². The van der Waals surface area contributed by atoms with E-state index in [1.54, 1.807) is 49.1 Å². The van der Waals surface area contributed by atoms with Crippen molar-refractivity contribution in [3.8, 4) is 0 Å². The fourth-order valence-corrected chi connectivity index (χ4v) is 4.67. The van der Waals surface area contributed by atoms with E-state index in [0.717, 1.165) is 9.80 Å². The maximum Gasteiger partial charge on any atom is 0.261 e. The fourth-order valence-electron chi connectivity index (χ4n) is 4.67. The summed E-state index contributed by atoms with van der Waals surface area (Å²) in [4.78, 5) is 75.3. The van der Waals surface area contributed by atoms with E-state index in [2.05, 4.69) is 9.97 Å². The van der Waals surface area contributed by atoms with Crippen molar-refractivity contribution in [2.45, 2.75) is 13.1 Å². The number of amides is 4. The fraction of sp³-hybridized carbons (Fsp3) is 0.0690. The number of benzene rings is 2. The van der Waals surface area contributed by atoms with Gasteiger partial charge in [0, 0.05) is 35.9 Å². The molecule has 6 rings (SSSR count). The van der Waals surface area contributed by atoms with E-state index in [0.29, 0.717) is 11.1 Å². The van der Waals surface area contributed by atoms with E-state index in [4.69, 9.17) is 0 Å². The Morgan fingerprint density at radius 1 is 0.579 bits per heavy atom. The van der Waals surface area contributed by atoms with E-state index in [-0.39, 0.29) is 46.5 Å². The SMILES string of the molecule is O=C(c1ccc2c(c1)C(=O)N(Cc1cccnc1)C2=O)c1ccc2c(c1)C(=O)N(Cc1cccnc1)C2=O. The van der Waals surface area contributed by atoms with Crippen LogP contribution >= 0.6 is 0 Å². The van der Waals surface area contributed by atoms with Crippen molar-refractivity contribution in [1.29, 1.82) is 0 Å². The molecule has 4 aromatic rings. The van der Waals surface area contributed by atoms with Crippen LogP contribution in [0.15, 0.2) is 85.5 Å². The highest BCUT2D eigenvalue weighted by molar-refractivity contribution is 6.24. The van der Waals surface area contributed by atoms with Crippen molar-refractivity contribution in [3.05, 3.63) is 130 Å². The first kappa shape index (κ1) is 23.1. The van der Waals surface area contributed by atoms with Gasteiger partial charge in [-0.2, -0.15) is 0 Å². The van der Waals surface area contributed by atoms with Gasteiger partial charge >= 0.3 is 0 Å². The lowest BCUT2D eigenvalue weighted by atomic mass is 9.96. The van der Waals surface area contributed by atoms with Gasteiger partial charge in [-0.3, -0.25) is 43.7 Å². The van der Waals surface area contributed by atoms with Crippen LogP contribution in [0.25, 0.3) is 0 Å². The van der Waals surface area contributed by atoms with Crippen molar-refractivity contribution >= 4 is 29.4 Å². The van der Waals surface area contributed by atoms with Gasteiger partial charge in [-0.05, 0) is 47.5 Å². The van der Waals surface area contributed by atoms with E-state index in [9.17, 15) is 24.0 Å². The maximum absolute atomic E-state index is 13.3. The van der Waals surface area contributed by atoms with Gasteiger partial charge in [-0.25, -0.2) is 0 Å². The number of imide groups is 2. The van der Waals surface area contributed by atoms with Crippen molar-refractivity contribution in [3.63, 3.8) is 0 Å². The lowest BCUT2D eigenvalue weighted by Gasteiger charge is -2.13. The third-order valence-corrected chi connectivity index (χ3v) is 6.59. The van der Waals surface area contributed by atoms with Crippen LogP contribution in [0.2, 0.25) is 0 Å². The Balaban J connectivity index is 1.26. The molecule has 0 bridgehead atoms. The van der Waals surface area contributed by atoms with Crippen molar-refractivity contribution in [2.75, 3.05) is 0 Å². The van der Waals surface area contributed by atoms with Crippen LogP contribution in [0.4, 0.5) is 0 Å². The molecule has 9 nitrogen and oxygen atoms in total. The number of rotatable bonds is 6. The number of fused-ring (bicyclic) bond motifs is 2. The first-order valence-corrected chi connectivity index (χ1v) is 11.8. The zero-order valence-corrected chi connectivity index (χ0v) is 19.8. The van der Waals surface area contributed by atoms with Gasteiger partial charge in [-0.1, -0.05) is 24.3 Å². The second-order valence-electron chi connectivity index (χ2n) is 8.97. The number of pyridine rings is 2. The average molecular weight is 502 g/mol. The van der Waals surface area contributed by atoms with Gasteiger partial charge in [0.05, 0.1) is 35.3 Å². The number of carbonyl (C=O) groups is 5. The van der Waals surface area contributed by atoms with Crippen molar-refractivity contribution in [1.82, 2.24) is 19.8 Å². The predicted molar refractivity (Wildman–Crippen MR) is 133 cm³/mol. The molecule has 0 unspecified atom stereocenters. The summed E-state index contributed by atoms with van der Waals surface area (Å²) in [6, 6.07) is 15.7. The monoisotopic (exact) mass is 502 g/mol. The first-order chi connectivity index (χ1) is 18.4. The smallest absolute Gasteiger partial charge is 0.261 e. The molecule has 2 aromatic carbocycles. The Kier molecular flexibility index (Phi) is 5.45. The molecule has 0 aliphatic carbocycles. The van der Waals surface area contributed by atoms with Gasteiger partial charge in [0.1, 0.15) is 0 Å². The van der Waals surface area contributed by atoms with Crippen molar-refractivity contribution in [2.24, 2.45) is 0 Å². The molecule has 184 valence electrons. The summed E-state index contributed by atoms with van der Waals surface area (Å²) in [7, 11) is 0. The third-order valence-electron chi connectivity index (χ3n) is 6.59. The summed E-state index contributed by atoms with van der Waals surface area (Å²) < 4.78 is 0. The first-order valence-electron chi connectivity index (χ1n) is 11.8. The Bertz CT molecular complexity index is 1540. The molecule has 4 heterocycles. The summed E-state index contributed by atoms with van der Waals surface area (Å²) in [5, 5.41) is 0. The Labute approximate surface area is 216 Å². The highest BCUT2D eigenvalue weighted by Crippen LogP contribution is 2.29. The number of ketones is 1. The standard InChI is InChI=1S/C29H18N4O5/c34-25(19-5-7-21-23(11-19)28(37)32(26(21)35)15-17-3-1-9-30-13-17)20-6-8-22-24(12-20)29(38)33(27(22)36)16-18-4-2-10-31-14-18/h1-14H,15-16H2. The maximum atomic E-state index is 13.3. The van der Waals surface area contributed by atoms with Crippen LogP contribution in [0.3, 0.4) is 0 Å². The van der Waals surface area contributed by atoms with Gasteiger partial charge in [0.2, 0.25) is 0 Å². The Morgan fingerprint density at radius 2 is 1.00 bits per heavy atom. The Hall–Kier alpha value is -5.31. The van der Waals surface area contributed by atoms with Gasteiger partial charge in [0.25, 0.3) is 23.6 Å². The molecule has 0 atom stereocenters. The molecular formula is C29H18N4O5. The summed E-state index contributed by atoms with van der Waals surface area (Å²) in [6.45, 7) is 0.139. The number of hydrogen-bond donors (Lipinski definition) is 0. The zero-order chi connectivity index (χ0) is 26.4. The minimum Gasteiger partial charge on any atom is -0.289 e. The normalized spacial score (nSPS) is 14.2. The molecule has 0 saturated heterocycles. The summed E-state index contributed by atoms with van der Waals surface area (Å²) in [6.07, 6.45) is 6.36. The molecule has 2 aliphatic rings. The minimum absolute atomic E-state index is 0.0694. The lowest BCUT2D eigenvalue weighted by Crippen LogP contribution is -2.29. The molecule has 2 aromatic heterocycles. The largest absolute Gasteiger partial charge is 0.289 e. The second-order valence-corrected chi connectivity index (χ2v) is 8.97. The van der Waals surface area contributed by atoms with E-state index in [1.165, 1.54) is 36.4 Å². The molecule has 0 radical (unpaired) electrons.